The van der Waals surface area contributed by atoms with Crippen molar-refractivity contribution in [1.82, 2.24) is 19.9 Å². The van der Waals surface area contributed by atoms with Crippen LogP contribution in [-0.4, -0.2) is 55.7 Å². The summed E-state index contributed by atoms with van der Waals surface area (Å²) in [5.74, 6) is 1.97. The summed E-state index contributed by atoms with van der Waals surface area (Å²) in [4.78, 5) is 40.5. The third kappa shape index (κ3) is 8.44. The largest absolute Gasteiger partial charge is 0.478 e. The predicted molar refractivity (Wildman–Crippen MR) is 179 cm³/mol. The Morgan fingerprint density at radius 1 is 0.717 bits per heavy atom. The number of aryl methyl sites for hydroxylation is 2. The van der Waals surface area contributed by atoms with E-state index in [0.29, 0.717) is 24.3 Å². The maximum atomic E-state index is 11.8. The molecule has 2 aromatic carbocycles. The lowest BCUT2D eigenvalue weighted by molar-refractivity contribution is 0.0525. The second-order valence-corrected chi connectivity index (χ2v) is 11.8. The first-order valence-electron chi connectivity index (χ1n) is 16.1. The van der Waals surface area contributed by atoms with Gasteiger partial charge < -0.3 is 20.5 Å². The maximum Gasteiger partial charge on any atom is 0.338 e. The van der Waals surface area contributed by atoms with Gasteiger partial charge in [0.25, 0.3) is 0 Å². The van der Waals surface area contributed by atoms with Crippen molar-refractivity contribution < 1.29 is 19.4 Å². The summed E-state index contributed by atoms with van der Waals surface area (Å²) in [6.45, 7) is 5.95. The maximum absolute atomic E-state index is 11.8. The van der Waals surface area contributed by atoms with Crippen LogP contribution in [0.1, 0.15) is 90.7 Å². The van der Waals surface area contributed by atoms with E-state index < -0.39 is 5.97 Å². The number of nitrogens with zero attached hydrogens (tertiary/aromatic N) is 4. The molecule has 4 aromatic rings. The Hall–Kier alpha value is -4.86. The van der Waals surface area contributed by atoms with Crippen molar-refractivity contribution >= 4 is 23.6 Å². The highest BCUT2D eigenvalue weighted by Gasteiger charge is 2.19. The standard InChI is InChI=1S/C19H23N3O2.C17H19N3O2/c1-3-24-19(23)15-10-8-14(9-11-15)17-12-20-13(2)21-18(17)22-16-6-4-5-7-16;1-11-18-10-15(12-6-8-13(9-7-12)17(21)22)16(19-11)20-14-4-2-3-5-14/h8-12,16H,3-7H2,1-2H3,(H,20,21,22);6-10,14H,2-5H2,1H3,(H,21,22)(H,18,19,20). The van der Waals surface area contributed by atoms with Crippen molar-refractivity contribution in [3.8, 4) is 22.3 Å². The highest BCUT2D eigenvalue weighted by molar-refractivity contribution is 5.90. The Labute approximate surface area is 270 Å². The van der Waals surface area contributed by atoms with Gasteiger partial charge in [0.1, 0.15) is 23.3 Å². The number of nitrogens with one attached hydrogen (secondary N) is 2. The number of anilines is 2. The monoisotopic (exact) mass is 622 g/mol. The zero-order chi connectivity index (χ0) is 32.5. The van der Waals surface area contributed by atoms with E-state index >= 15 is 0 Å². The van der Waals surface area contributed by atoms with Crippen molar-refractivity contribution in [1.29, 1.82) is 0 Å². The number of esters is 1. The molecule has 0 radical (unpaired) electrons. The van der Waals surface area contributed by atoms with E-state index in [-0.39, 0.29) is 11.5 Å². The summed E-state index contributed by atoms with van der Waals surface area (Å²) in [6, 6.07) is 15.2. The van der Waals surface area contributed by atoms with Crippen LogP contribution in [-0.2, 0) is 4.74 Å². The van der Waals surface area contributed by atoms with Crippen LogP contribution in [0.3, 0.4) is 0 Å². The summed E-state index contributed by atoms with van der Waals surface area (Å²) in [6.07, 6.45) is 13.4. The summed E-state index contributed by atoms with van der Waals surface area (Å²) >= 11 is 0. The predicted octanol–water partition coefficient (Wildman–Crippen LogP) is 7.49. The van der Waals surface area contributed by atoms with Gasteiger partial charge in [0.15, 0.2) is 0 Å². The molecule has 0 amide bonds. The smallest absolute Gasteiger partial charge is 0.338 e. The zero-order valence-electron chi connectivity index (χ0n) is 26.8. The first kappa shape index (κ1) is 32.5. The second kappa shape index (κ2) is 15.4. The molecule has 2 saturated carbocycles. The zero-order valence-corrected chi connectivity index (χ0v) is 26.8. The molecule has 0 bridgehead atoms. The van der Waals surface area contributed by atoms with Gasteiger partial charge in [-0.2, -0.15) is 0 Å². The molecule has 0 atom stereocenters. The Kier molecular flexibility index (Phi) is 10.9. The Bertz CT molecular complexity index is 1630. The van der Waals surface area contributed by atoms with E-state index in [4.69, 9.17) is 9.84 Å². The van der Waals surface area contributed by atoms with Gasteiger partial charge in [-0.15, -0.1) is 0 Å². The first-order valence-corrected chi connectivity index (χ1v) is 16.1. The van der Waals surface area contributed by atoms with Crippen LogP contribution in [0.5, 0.6) is 0 Å². The number of carbonyl (C=O) groups is 2. The molecule has 0 aliphatic heterocycles. The van der Waals surface area contributed by atoms with Gasteiger partial charge in [-0.25, -0.2) is 29.5 Å². The van der Waals surface area contributed by atoms with Gasteiger partial charge in [0.2, 0.25) is 0 Å². The number of carboxylic acids is 1. The SMILES string of the molecule is CCOC(=O)c1ccc(-c2cnc(C)nc2NC2CCCC2)cc1.Cc1ncc(-c2ccc(C(=O)O)cc2)c(NC2CCCC2)n1. The van der Waals surface area contributed by atoms with Crippen molar-refractivity contribution in [3.05, 3.63) is 83.7 Å². The van der Waals surface area contributed by atoms with Crippen molar-refractivity contribution in [3.63, 3.8) is 0 Å². The van der Waals surface area contributed by atoms with E-state index in [9.17, 15) is 9.59 Å². The molecule has 6 rings (SSSR count). The lowest BCUT2D eigenvalue weighted by Crippen LogP contribution is -2.16. The molecule has 2 aliphatic carbocycles. The van der Waals surface area contributed by atoms with Crippen molar-refractivity contribution in [2.24, 2.45) is 0 Å². The van der Waals surface area contributed by atoms with Gasteiger partial charge in [-0.3, -0.25) is 0 Å². The van der Waals surface area contributed by atoms with E-state index in [0.717, 1.165) is 45.5 Å². The van der Waals surface area contributed by atoms with Gasteiger partial charge in [-0.1, -0.05) is 49.9 Å². The average Bonchev–Trinajstić information content (AvgIpc) is 3.77. The number of ether oxygens (including phenoxy) is 1. The van der Waals surface area contributed by atoms with E-state index in [1.165, 1.54) is 51.4 Å². The average molecular weight is 623 g/mol. The molecule has 2 aromatic heterocycles. The number of hydrogen-bond donors (Lipinski definition) is 3. The lowest BCUT2D eigenvalue weighted by atomic mass is 10.1. The van der Waals surface area contributed by atoms with Crippen LogP contribution >= 0.6 is 0 Å². The third-order valence-electron chi connectivity index (χ3n) is 8.36. The molecule has 0 spiro atoms. The van der Waals surface area contributed by atoms with E-state index in [1.54, 1.807) is 49.5 Å². The van der Waals surface area contributed by atoms with Crippen LogP contribution in [0.15, 0.2) is 60.9 Å². The molecule has 2 fully saturated rings. The van der Waals surface area contributed by atoms with Crippen LogP contribution in [0.4, 0.5) is 11.6 Å². The van der Waals surface area contributed by atoms with Crippen molar-refractivity contribution in [2.75, 3.05) is 17.2 Å². The number of aromatic nitrogens is 4. The lowest BCUT2D eigenvalue weighted by Gasteiger charge is -2.16. The fourth-order valence-corrected chi connectivity index (χ4v) is 5.90. The quantitative estimate of drug-likeness (QED) is 0.161. The summed E-state index contributed by atoms with van der Waals surface area (Å²) in [5, 5.41) is 16.1. The molecule has 240 valence electrons. The second-order valence-electron chi connectivity index (χ2n) is 11.8. The Morgan fingerprint density at radius 2 is 1.13 bits per heavy atom. The molecule has 3 N–H and O–H groups in total. The third-order valence-corrected chi connectivity index (χ3v) is 8.36. The normalized spacial score (nSPS) is 14.8. The van der Waals surface area contributed by atoms with Crippen LogP contribution in [0.25, 0.3) is 22.3 Å². The highest BCUT2D eigenvalue weighted by Crippen LogP contribution is 2.31. The highest BCUT2D eigenvalue weighted by atomic mass is 16.5. The minimum absolute atomic E-state index is 0.280. The fourth-order valence-electron chi connectivity index (χ4n) is 5.90. The van der Waals surface area contributed by atoms with Crippen molar-refractivity contribution in [2.45, 2.75) is 84.2 Å². The number of carboxylic acid groups (broad SMARTS) is 1. The Balaban J connectivity index is 0.000000182. The molecule has 10 nitrogen and oxygen atoms in total. The van der Waals surface area contributed by atoms with Crippen LogP contribution in [0, 0.1) is 13.8 Å². The summed E-state index contributed by atoms with van der Waals surface area (Å²) < 4.78 is 5.03. The van der Waals surface area contributed by atoms with Gasteiger partial charge in [-0.05, 0) is 81.8 Å². The molecule has 2 aliphatic rings. The number of rotatable bonds is 9. The molecular formula is C36H42N6O4. The Morgan fingerprint density at radius 3 is 1.52 bits per heavy atom. The molecule has 0 saturated heterocycles. The first-order chi connectivity index (χ1) is 22.3. The van der Waals surface area contributed by atoms with Crippen LogP contribution in [0.2, 0.25) is 0 Å². The number of hydrogen-bond acceptors (Lipinski definition) is 9. The minimum atomic E-state index is -0.920. The molecule has 2 heterocycles. The van der Waals surface area contributed by atoms with E-state index in [1.807, 2.05) is 32.2 Å². The summed E-state index contributed by atoms with van der Waals surface area (Å²) in [5.41, 5.74) is 4.62. The van der Waals surface area contributed by atoms with Crippen LogP contribution < -0.4 is 10.6 Å². The molecule has 0 unspecified atom stereocenters. The fraction of sp³-hybridized carbons (Fsp3) is 0.389. The summed E-state index contributed by atoms with van der Waals surface area (Å²) in [7, 11) is 0. The molecule has 10 heteroatoms. The van der Waals surface area contributed by atoms with E-state index in [2.05, 4.69) is 30.6 Å². The van der Waals surface area contributed by atoms with Gasteiger partial charge >= 0.3 is 11.9 Å². The van der Waals surface area contributed by atoms with Gasteiger partial charge in [0.05, 0.1) is 17.7 Å². The molecular weight excluding hydrogens is 580 g/mol. The minimum Gasteiger partial charge on any atom is -0.478 e. The molecule has 46 heavy (non-hydrogen) atoms. The number of benzene rings is 2. The number of carbonyl (C=O) groups excluding carboxylic acids is 1. The van der Waals surface area contributed by atoms with Gasteiger partial charge in [0, 0.05) is 35.6 Å². The number of aromatic carboxylic acids is 1. The topological polar surface area (TPSA) is 139 Å².